The van der Waals surface area contributed by atoms with Gasteiger partial charge in [-0.1, -0.05) is 140 Å². The third-order valence-corrected chi connectivity index (χ3v) is 12.2. The summed E-state index contributed by atoms with van der Waals surface area (Å²) in [7, 11) is 0. The highest BCUT2D eigenvalue weighted by atomic mass is 16.5. The quantitative estimate of drug-likeness (QED) is 0.166. The molecule has 0 saturated heterocycles. The molecule has 0 amide bonds. The minimum Gasteiger partial charge on any atom is -0.457 e. The highest BCUT2D eigenvalue weighted by Crippen LogP contribution is 2.62. The van der Waals surface area contributed by atoms with E-state index in [1.165, 1.54) is 11.1 Å². The van der Waals surface area contributed by atoms with E-state index in [1.54, 1.807) is 0 Å². The van der Waals surface area contributed by atoms with E-state index in [-0.39, 0.29) is 11.5 Å². The molecule has 1 aliphatic carbocycles. The second-order valence-electron chi connectivity index (χ2n) is 15.3. The number of fused-ring (bicyclic) bond motifs is 12. The molecule has 7 heteroatoms. The highest BCUT2D eigenvalue weighted by molar-refractivity contribution is 6.12. The molecule has 0 atom stereocenters. The molecule has 7 nitrogen and oxygen atoms in total. The van der Waals surface area contributed by atoms with Crippen LogP contribution in [0.1, 0.15) is 27.8 Å². The predicted octanol–water partition coefficient (Wildman–Crippen LogP) is 12.9. The maximum atomic E-state index is 10.9. The van der Waals surface area contributed by atoms with E-state index in [2.05, 4.69) is 106 Å². The first-order valence-electron chi connectivity index (χ1n) is 20.0. The minimum atomic E-state index is -0.622. The Labute approximate surface area is 350 Å². The fourth-order valence-corrected chi connectivity index (χ4v) is 9.66. The molecular weight excluding hydrogens is 749 g/mol. The van der Waals surface area contributed by atoms with E-state index < -0.39 is 5.41 Å². The van der Waals surface area contributed by atoms with Crippen LogP contribution in [0.15, 0.2) is 182 Å². The molecule has 0 fully saturated rings. The normalized spacial score (nSPS) is 12.8. The van der Waals surface area contributed by atoms with Gasteiger partial charge in [0.2, 0.25) is 5.69 Å². The Morgan fingerprint density at radius 1 is 0.525 bits per heavy atom. The highest BCUT2D eigenvalue weighted by Gasteiger charge is 2.51. The fraction of sp³-hybridized carbons (Fsp3) is 0.0185. The second kappa shape index (κ2) is 13.2. The van der Waals surface area contributed by atoms with E-state index >= 15 is 0 Å². The van der Waals surface area contributed by atoms with E-state index in [1.807, 2.05) is 91.0 Å². The molecule has 3 heterocycles. The summed E-state index contributed by atoms with van der Waals surface area (Å²) in [5.74, 6) is 2.86. The standard InChI is InChI=1S/C54H30N6O/c1-56-45-29-36(28-35(32-55)50(45)53-58-51(33-16-4-2-5-17-33)57-52(59-53)34-18-6-3-7-19-34)60-46-25-13-9-21-38(46)40-30-44-39(31-47(40)60)37-20-8-10-22-41(37)54(44)42-23-11-14-26-48(42)61-49-27-15-12-24-43(49)54/h2-31H. The molecule has 0 radical (unpaired) electrons. The maximum Gasteiger partial charge on any atom is 0.201 e. The zero-order valence-electron chi connectivity index (χ0n) is 32.4. The van der Waals surface area contributed by atoms with Crippen LogP contribution in [0.5, 0.6) is 11.5 Å². The molecule has 0 unspecified atom stereocenters. The molecule has 1 aliphatic heterocycles. The molecule has 2 aromatic heterocycles. The van der Waals surface area contributed by atoms with Crippen LogP contribution in [0.4, 0.5) is 5.69 Å². The summed E-state index contributed by atoms with van der Waals surface area (Å²) in [6, 6.07) is 64.0. The summed E-state index contributed by atoms with van der Waals surface area (Å²) in [5, 5.41) is 13.0. The number of benzene rings is 8. The van der Waals surface area contributed by atoms with Crippen LogP contribution in [0.3, 0.4) is 0 Å². The smallest absolute Gasteiger partial charge is 0.201 e. The molecule has 12 rings (SSSR count). The van der Waals surface area contributed by atoms with Crippen LogP contribution in [-0.4, -0.2) is 19.5 Å². The van der Waals surface area contributed by atoms with Crippen LogP contribution in [0, 0.1) is 17.9 Å². The van der Waals surface area contributed by atoms with Crippen molar-refractivity contribution in [2.45, 2.75) is 5.41 Å². The summed E-state index contributed by atoms with van der Waals surface area (Å²) in [6.45, 7) is 8.52. The number of hydrogen-bond donors (Lipinski definition) is 0. The first kappa shape index (κ1) is 34.4. The van der Waals surface area contributed by atoms with Crippen molar-refractivity contribution in [2.24, 2.45) is 0 Å². The van der Waals surface area contributed by atoms with Crippen molar-refractivity contribution in [3.05, 3.63) is 221 Å². The van der Waals surface area contributed by atoms with Crippen molar-refractivity contribution >= 4 is 27.5 Å². The Hall–Kier alpha value is -8.65. The zero-order valence-corrected chi connectivity index (χ0v) is 32.4. The average molecular weight is 779 g/mol. The van der Waals surface area contributed by atoms with Gasteiger partial charge in [0.1, 0.15) is 11.5 Å². The maximum absolute atomic E-state index is 10.9. The number of hydrogen-bond acceptors (Lipinski definition) is 5. The predicted molar refractivity (Wildman–Crippen MR) is 239 cm³/mol. The monoisotopic (exact) mass is 778 g/mol. The van der Waals surface area contributed by atoms with Gasteiger partial charge in [0.05, 0.1) is 34.7 Å². The molecule has 61 heavy (non-hydrogen) atoms. The van der Waals surface area contributed by atoms with Gasteiger partial charge in [-0.05, 0) is 64.7 Å². The molecule has 1 spiro atoms. The fourth-order valence-electron chi connectivity index (χ4n) is 9.66. The van der Waals surface area contributed by atoms with Crippen molar-refractivity contribution in [3.63, 3.8) is 0 Å². The topological polar surface area (TPSA) is 81.0 Å². The second-order valence-corrected chi connectivity index (χ2v) is 15.3. The minimum absolute atomic E-state index is 0.265. The largest absolute Gasteiger partial charge is 0.457 e. The van der Waals surface area contributed by atoms with Crippen LogP contribution < -0.4 is 4.74 Å². The third-order valence-electron chi connectivity index (χ3n) is 12.2. The molecule has 2 aliphatic rings. The Morgan fingerprint density at radius 2 is 1.10 bits per heavy atom. The van der Waals surface area contributed by atoms with E-state index in [0.717, 1.165) is 66.7 Å². The Kier molecular flexibility index (Phi) is 7.44. The van der Waals surface area contributed by atoms with Gasteiger partial charge in [-0.15, -0.1) is 0 Å². The van der Waals surface area contributed by atoms with Gasteiger partial charge in [0, 0.05) is 44.3 Å². The summed E-state index contributed by atoms with van der Waals surface area (Å²) < 4.78 is 8.77. The molecular formula is C54H30N6O. The molecule has 10 aromatic rings. The van der Waals surface area contributed by atoms with Crippen molar-refractivity contribution in [3.8, 4) is 68.5 Å². The first-order valence-corrected chi connectivity index (χ1v) is 20.0. The summed E-state index contributed by atoms with van der Waals surface area (Å²) in [6.07, 6.45) is 0. The summed E-state index contributed by atoms with van der Waals surface area (Å²) in [4.78, 5) is 18.7. The van der Waals surface area contributed by atoms with Crippen LogP contribution in [0.25, 0.3) is 77.6 Å². The summed E-state index contributed by atoms with van der Waals surface area (Å²) >= 11 is 0. The lowest BCUT2D eigenvalue weighted by Gasteiger charge is -2.39. The Balaban J connectivity index is 1.12. The van der Waals surface area contributed by atoms with Gasteiger partial charge in [0.15, 0.2) is 17.5 Å². The van der Waals surface area contributed by atoms with Crippen LogP contribution >= 0.6 is 0 Å². The van der Waals surface area contributed by atoms with Crippen LogP contribution in [-0.2, 0) is 5.41 Å². The van der Waals surface area contributed by atoms with Crippen LogP contribution in [0.2, 0.25) is 0 Å². The molecule has 0 bridgehead atoms. The van der Waals surface area contributed by atoms with E-state index in [9.17, 15) is 5.26 Å². The average Bonchev–Trinajstić information content (AvgIpc) is 3.80. The SMILES string of the molecule is [C-]#[N+]c1cc(-n2c3ccccc3c3cc4c(cc32)-c2ccccc2C42c3ccccc3Oc3ccccc32)cc(C#N)c1-c1nc(-c2ccccc2)nc(-c2ccccc2)n1. The molecule has 0 N–H and O–H groups in total. The number of nitrogens with zero attached hydrogens (tertiary/aromatic N) is 6. The first-order chi connectivity index (χ1) is 30.1. The van der Waals surface area contributed by atoms with Gasteiger partial charge < -0.3 is 9.30 Å². The Morgan fingerprint density at radius 3 is 1.75 bits per heavy atom. The lowest BCUT2D eigenvalue weighted by molar-refractivity contribution is 0.436. The zero-order chi connectivity index (χ0) is 40.7. The molecule has 282 valence electrons. The van der Waals surface area contributed by atoms with Crippen molar-refractivity contribution in [2.75, 3.05) is 0 Å². The third kappa shape index (κ3) is 4.93. The number of aromatic nitrogens is 4. The lowest BCUT2D eigenvalue weighted by Crippen LogP contribution is -2.32. The number of nitriles is 1. The molecule has 8 aromatic carbocycles. The summed E-state index contributed by atoms with van der Waals surface area (Å²) in [5.41, 5.74) is 11.4. The van der Waals surface area contributed by atoms with Gasteiger partial charge in [-0.25, -0.2) is 19.8 Å². The molecule has 0 saturated carbocycles. The number of para-hydroxylation sites is 3. The van der Waals surface area contributed by atoms with Crippen molar-refractivity contribution in [1.29, 1.82) is 5.26 Å². The van der Waals surface area contributed by atoms with Crippen molar-refractivity contribution in [1.82, 2.24) is 19.5 Å². The van der Waals surface area contributed by atoms with E-state index in [4.69, 9.17) is 26.3 Å². The van der Waals surface area contributed by atoms with Gasteiger partial charge in [-0.2, -0.15) is 5.26 Å². The van der Waals surface area contributed by atoms with Crippen molar-refractivity contribution < 1.29 is 4.74 Å². The number of rotatable bonds is 4. The van der Waals surface area contributed by atoms with Gasteiger partial charge in [0.25, 0.3) is 0 Å². The van der Waals surface area contributed by atoms with E-state index in [0.29, 0.717) is 28.5 Å². The lowest BCUT2D eigenvalue weighted by atomic mass is 9.66. The Bertz CT molecular complexity index is 3400. The van der Waals surface area contributed by atoms with Gasteiger partial charge in [-0.3, -0.25) is 0 Å². The van der Waals surface area contributed by atoms with Gasteiger partial charge >= 0.3 is 0 Å². The number of ether oxygens (including phenoxy) is 1.